The molecule has 1 aromatic carbocycles. The number of ketones is 1. The van der Waals surface area contributed by atoms with Crippen molar-refractivity contribution in [1.82, 2.24) is 10.6 Å². The second-order valence-corrected chi connectivity index (χ2v) is 15.3. The summed E-state index contributed by atoms with van der Waals surface area (Å²) in [4.78, 5) is 58.6. The Morgan fingerprint density at radius 2 is 1.65 bits per heavy atom. The number of Topliss-reactive ketones (excluding diaryl/α,β-unsaturated/α-hetero) is 1. The van der Waals surface area contributed by atoms with Crippen molar-refractivity contribution in [3.05, 3.63) is 38.4 Å². The SMILES string of the molecule is CC(C)(CNc1ccc([N+](=O)[O-])cc1[N+](=O)[O-])COCC(C)(C)CC(=O)NC(CCCCNC1CCC1C(=O)CC(C)(C)CO)C(N)=O. The van der Waals surface area contributed by atoms with Crippen molar-refractivity contribution >= 4 is 34.7 Å². The van der Waals surface area contributed by atoms with Crippen LogP contribution in [0, 0.1) is 42.4 Å². The number of hydrogen-bond acceptors (Lipinski definition) is 11. The quantitative estimate of drug-likeness (QED) is 0.0634. The summed E-state index contributed by atoms with van der Waals surface area (Å²) < 4.78 is 5.94. The van der Waals surface area contributed by atoms with Crippen LogP contribution in [0.1, 0.15) is 86.5 Å². The standard InChI is InChI=1S/C33H54N6O9/c1-31(2,19-40)16-28(41)23-11-13-24(23)35-14-8-7-9-26(30(34)43)37-29(42)17-32(3,4)20-48-21-33(5,6)18-36-25-12-10-22(38(44)45)15-27(25)39(46)47/h10,12,15,23-24,26,35-36,40H,7-9,11,13-14,16-21H2,1-6H3,(H2,34,43)(H,37,42). The minimum atomic E-state index is -0.804. The summed E-state index contributed by atoms with van der Waals surface area (Å²) in [6.45, 7) is 12.7. The molecule has 1 aliphatic carbocycles. The van der Waals surface area contributed by atoms with Crippen LogP contribution in [0.3, 0.4) is 0 Å². The van der Waals surface area contributed by atoms with E-state index in [1.807, 2.05) is 41.5 Å². The Labute approximate surface area is 282 Å². The fraction of sp³-hybridized carbons (Fsp3) is 0.727. The molecule has 0 bridgehead atoms. The van der Waals surface area contributed by atoms with E-state index in [0.717, 1.165) is 25.3 Å². The number of nitrogens with zero attached hydrogens (tertiary/aromatic N) is 2. The van der Waals surface area contributed by atoms with Gasteiger partial charge in [-0.25, -0.2) is 0 Å². The van der Waals surface area contributed by atoms with Gasteiger partial charge in [0.15, 0.2) is 0 Å². The molecule has 2 amide bonds. The lowest BCUT2D eigenvalue weighted by Crippen LogP contribution is -2.49. The number of aliphatic hydroxyl groups is 1. The number of ether oxygens (including phenoxy) is 1. The predicted molar refractivity (Wildman–Crippen MR) is 181 cm³/mol. The first-order valence-electron chi connectivity index (χ1n) is 16.5. The molecule has 0 spiro atoms. The van der Waals surface area contributed by atoms with Crippen molar-refractivity contribution in [2.24, 2.45) is 27.9 Å². The second-order valence-electron chi connectivity index (χ2n) is 15.3. The number of aliphatic hydroxyl groups excluding tert-OH is 1. The lowest BCUT2D eigenvalue weighted by Gasteiger charge is -2.38. The Morgan fingerprint density at radius 1 is 0.979 bits per heavy atom. The van der Waals surface area contributed by atoms with Crippen LogP contribution >= 0.6 is 0 Å². The van der Waals surface area contributed by atoms with Crippen LogP contribution in [0.5, 0.6) is 0 Å². The summed E-state index contributed by atoms with van der Waals surface area (Å²) in [5.41, 5.74) is 3.50. The molecular formula is C33H54N6O9. The van der Waals surface area contributed by atoms with Crippen LogP contribution in [-0.4, -0.2) is 77.5 Å². The maximum atomic E-state index is 12.8. The van der Waals surface area contributed by atoms with Crippen LogP contribution in [0.25, 0.3) is 0 Å². The lowest BCUT2D eigenvalue weighted by atomic mass is 9.72. The highest BCUT2D eigenvalue weighted by molar-refractivity contribution is 5.86. The Balaban J connectivity index is 1.74. The van der Waals surface area contributed by atoms with E-state index >= 15 is 0 Å². The number of unbranched alkanes of at least 4 members (excludes halogenated alkanes) is 1. The topological polar surface area (TPSA) is 229 Å². The molecule has 48 heavy (non-hydrogen) atoms. The molecule has 1 fully saturated rings. The van der Waals surface area contributed by atoms with Crippen LogP contribution in [0.4, 0.5) is 17.1 Å². The molecule has 6 N–H and O–H groups in total. The van der Waals surface area contributed by atoms with Crippen molar-refractivity contribution in [1.29, 1.82) is 0 Å². The Hall–Kier alpha value is -3.69. The molecule has 0 aromatic heterocycles. The molecule has 15 heteroatoms. The molecular weight excluding hydrogens is 624 g/mol. The minimum Gasteiger partial charge on any atom is -0.396 e. The average molecular weight is 679 g/mol. The number of carbonyl (C=O) groups excluding carboxylic acids is 3. The number of hydrogen-bond donors (Lipinski definition) is 5. The number of benzene rings is 1. The highest BCUT2D eigenvalue weighted by Crippen LogP contribution is 2.33. The summed E-state index contributed by atoms with van der Waals surface area (Å²) in [7, 11) is 0. The number of nitrogens with two attached hydrogens (primary N) is 1. The number of primary amides is 1. The second kappa shape index (κ2) is 17.6. The van der Waals surface area contributed by atoms with Gasteiger partial charge in [0.25, 0.3) is 11.4 Å². The molecule has 1 aliphatic rings. The van der Waals surface area contributed by atoms with Gasteiger partial charge in [-0.3, -0.25) is 34.6 Å². The van der Waals surface area contributed by atoms with Gasteiger partial charge in [-0.15, -0.1) is 0 Å². The van der Waals surface area contributed by atoms with E-state index in [0.29, 0.717) is 25.8 Å². The van der Waals surface area contributed by atoms with Crippen LogP contribution in [0.15, 0.2) is 18.2 Å². The maximum absolute atomic E-state index is 12.8. The van der Waals surface area contributed by atoms with Gasteiger partial charge in [0.1, 0.15) is 17.5 Å². The van der Waals surface area contributed by atoms with Gasteiger partial charge in [0.2, 0.25) is 11.8 Å². The summed E-state index contributed by atoms with van der Waals surface area (Å²) in [5, 5.41) is 41.0. The van der Waals surface area contributed by atoms with E-state index in [4.69, 9.17) is 10.5 Å². The third-order valence-corrected chi connectivity index (χ3v) is 8.54. The maximum Gasteiger partial charge on any atom is 0.299 e. The third-order valence-electron chi connectivity index (χ3n) is 8.54. The molecule has 0 heterocycles. The first kappa shape index (κ1) is 40.5. The van der Waals surface area contributed by atoms with Gasteiger partial charge in [-0.2, -0.15) is 0 Å². The van der Waals surface area contributed by atoms with Gasteiger partial charge < -0.3 is 31.5 Å². The van der Waals surface area contributed by atoms with Gasteiger partial charge in [-0.05, 0) is 55.5 Å². The minimum absolute atomic E-state index is 0.0325. The van der Waals surface area contributed by atoms with E-state index in [1.165, 1.54) is 12.1 Å². The van der Waals surface area contributed by atoms with Crippen LogP contribution in [0.2, 0.25) is 0 Å². The van der Waals surface area contributed by atoms with Crippen molar-refractivity contribution in [3.8, 4) is 0 Å². The highest BCUT2D eigenvalue weighted by atomic mass is 16.6. The monoisotopic (exact) mass is 678 g/mol. The molecule has 0 saturated heterocycles. The Morgan fingerprint density at radius 3 is 2.21 bits per heavy atom. The largest absolute Gasteiger partial charge is 0.396 e. The normalized spacial score (nSPS) is 17.2. The summed E-state index contributed by atoms with van der Waals surface area (Å²) >= 11 is 0. The summed E-state index contributed by atoms with van der Waals surface area (Å²) in [5.74, 6) is -0.783. The molecule has 0 radical (unpaired) electrons. The summed E-state index contributed by atoms with van der Waals surface area (Å²) in [6, 6.07) is 2.74. The first-order chi connectivity index (χ1) is 22.3. The molecule has 1 saturated carbocycles. The zero-order valence-electron chi connectivity index (χ0n) is 29.1. The zero-order valence-corrected chi connectivity index (χ0v) is 29.1. The number of nitro benzene ring substituents is 2. The van der Waals surface area contributed by atoms with E-state index in [9.17, 15) is 39.7 Å². The smallest absolute Gasteiger partial charge is 0.299 e. The molecule has 0 aliphatic heterocycles. The number of amides is 2. The number of nitro groups is 2. The highest BCUT2D eigenvalue weighted by Gasteiger charge is 2.38. The molecule has 2 rings (SSSR count). The predicted octanol–water partition coefficient (Wildman–Crippen LogP) is 3.86. The third kappa shape index (κ3) is 13.4. The number of carbonyl (C=O) groups is 3. The molecule has 3 unspecified atom stereocenters. The van der Waals surface area contributed by atoms with E-state index in [1.54, 1.807) is 0 Å². The molecule has 270 valence electrons. The van der Waals surface area contributed by atoms with Crippen LogP contribution in [-0.2, 0) is 19.1 Å². The molecule has 15 nitrogen and oxygen atoms in total. The number of non-ortho nitro benzene ring substituents is 1. The fourth-order valence-corrected chi connectivity index (χ4v) is 5.49. The van der Waals surface area contributed by atoms with Gasteiger partial charge in [0.05, 0.1) is 29.1 Å². The van der Waals surface area contributed by atoms with Crippen molar-refractivity contribution < 1.29 is 34.1 Å². The number of anilines is 1. The lowest BCUT2D eigenvalue weighted by molar-refractivity contribution is -0.393. The molecule has 3 atom stereocenters. The van der Waals surface area contributed by atoms with Gasteiger partial charge in [-0.1, -0.05) is 41.5 Å². The van der Waals surface area contributed by atoms with Gasteiger partial charge >= 0.3 is 0 Å². The van der Waals surface area contributed by atoms with E-state index < -0.39 is 43.7 Å². The average Bonchev–Trinajstić information content (AvgIpc) is 2.95. The van der Waals surface area contributed by atoms with Crippen LogP contribution < -0.4 is 21.7 Å². The summed E-state index contributed by atoms with van der Waals surface area (Å²) in [6.07, 6.45) is 4.02. The van der Waals surface area contributed by atoms with E-state index in [2.05, 4.69) is 16.0 Å². The number of nitrogens with one attached hydrogen (secondary N) is 3. The van der Waals surface area contributed by atoms with Gasteiger partial charge in [0, 0.05) is 49.4 Å². The van der Waals surface area contributed by atoms with Crippen molar-refractivity contribution in [2.75, 3.05) is 38.2 Å². The zero-order chi connectivity index (χ0) is 36.3. The van der Waals surface area contributed by atoms with Crippen molar-refractivity contribution in [2.45, 2.75) is 98.6 Å². The Bertz CT molecular complexity index is 1300. The van der Waals surface area contributed by atoms with E-state index in [-0.39, 0.29) is 67.8 Å². The first-order valence-corrected chi connectivity index (χ1v) is 16.5. The number of rotatable bonds is 23. The fourth-order valence-electron chi connectivity index (χ4n) is 5.49. The Kier molecular flexibility index (Phi) is 14.9. The van der Waals surface area contributed by atoms with Crippen molar-refractivity contribution in [3.63, 3.8) is 0 Å². The molecule has 1 aromatic rings.